The van der Waals surface area contributed by atoms with Crippen molar-refractivity contribution >= 4 is 11.6 Å². The van der Waals surface area contributed by atoms with Gasteiger partial charge in [-0.15, -0.1) is 0 Å². The molecular formula is C20H20N4O. The summed E-state index contributed by atoms with van der Waals surface area (Å²) in [5, 5.41) is 0. The highest BCUT2D eigenvalue weighted by Gasteiger charge is 2.41. The number of aryl methyl sites for hydroxylation is 1. The molecule has 1 aromatic carbocycles. The number of carbonyl (C=O) groups is 1. The zero-order valence-corrected chi connectivity index (χ0v) is 14.2. The van der Waals surface area contributed by atoms with E-state index in [2.05, 4.69) is 46.8 Å². The van der Waals surface area contributed by atoms with Gasteiger partial charge in [0.05, 0.1) is 5.69 Å². The summed E-state index contributed by atoms with van der Waals surface area (Å²) < 4.78 is 2.07. The molecule has 3 aromatic rings. The first-order valence-corrected chi connectivity index (χ1v) is 8.79. The average Bonchev–Trinajstić information content (AvgIpc) is 3.14. The van der Waals surface area contributed by atoms with Gasteiger partial charge in [0.25, 0.3) is 5.91 Å². The van der Waals surface area contributed by atoms with Gasteiger partial charge in [0.2, 0.25) is 0 Å². The van der Waals surface area contributed by atoms with Crippen LogP contribution in [0.5, 0.6) is 0 Å². The number of fused-ring (bicyclic) bond motifs is 4. The van der Waals surface area contributed by atoms with Crippen LogP contribution in [0.15, 0.2) is 48.8 Å². The Morgan fingerprint density at radius 3 is 3.00 bits per heavy atom. The molecule has 0 N–H and O–H groups in total. The quantitative estimate of drug-likeness (QED) is 0.724. The molecule has 126 valence electrons. The van der Waals surface area contributed by atoms with Crippen molar-refractivity contribution in [2.24, 2.45) is 0 Å². The van der Waals surface area contributed by atoms with Crippen molar-refractivity contribution in [3.05, 3.63) is 71.2 Å². The number of aromatic nitrogens is 2. The molecule has 2 aromatic heterocycles. The molecule has 0 bridgehead atoms. The van der Waals surface area contributed by atoms with Gasteiger partial charge in [-0.25, -0.2) is 4.98 Å². The Morgan fingerprint density at radius 2 is 2.08 bits per heavy atom. The Morgan fingerprint density at radius 1 is 1.20 bits per heavy atom. The van der Waals surface area contributed by atoms with Gasteiger partial charge in [0.15, 0.2) is 0 Å². The number of hydrogen-bond acceptors (Lipinski definition) is 3. The Labute approximate surface area is 146 Å². The first-order chi connectivity index (χ1) is 12.2. The smallest absolute Gasteiger partial charge is 0.255 e. The van der Waals surface area contributed by atoms with E-state index in [1.807, 2.05) is 23.1 Å². The number of carbonyl (C=O) groups excluding carboxylic acids is 1. The largest absolute Gasteiger partial charge is 0.319 e. The molecule has 5 heteroatoms. The molecule has 0 saturated carbocycles. The number of imidazole rings is 1. The molecule has 1 atom stereocenters. The lowest BCUT2D eigenvalue weighted by Gasteiger charge is -2.39. The fourth-order valence-corrected chi connectivity index (χ4v) is 4.12. The van der Waals surface area contributed by atoms with E-state index < -0.39 is 0 Å². The van der Waals surface area contributed by atoms with Crippen molar-refractivity contribution in [2.75, 3.05) is 13.1 Å². The Hall–Kier alpha value is -2.66. The summed E-state index contributed by atoms with van der Waals surface area (Å²) in [6.45, 7) is 4.65. The molecule has 1 saturated heterocycles. The summed E-state index contributed by atoms with van der Waals surface area (Å²) in [5.74, 6) is 0.163. The predicted octanol–water partition coefficient (Wildman–Crippen LogP) is 3.00. The minimum Gasteiger partial charge on any atom is -0.319 e. The summed E-state index contributed by atoms with van der Waals surface area (Å²) in [7, 11) is 0. The zero-order valence-electron chi connectivity index (χ0n) is 14.2. The van der Waals surface area contributed by atoms with Crippen molar-refractivity contribution < 1.29 is 4.79 Å². The van der Waals surface area contributed by atoms with Crippen molar-refractivity contribution in [3.63, 3.8) is 0 Å². The monoisotopic (exact) mass is 332 g/mol. The minimum atomic E-state index is 0.0454. The summed E-state index contributed by atoms with van der Waals surface area (Å²) in [4.78, 5) is 21.8. The molecule has 0 spiro atoms. The van der Waals surface area contributed by atoms with Crippen LogP contribution in [-0.4, -0.2) is 38.2 Å². The normalized spacial score (nSPS) is 20.1. The lowest BCUT2D eigenvalue weighted by Crippen LogP contribution is -2.45. The van der Waals surface area contributed by atoms with E-state index in [0.717, 1.165) is 48.5 Å². The molecule has 25 heavy (non-hydrogen) atoms. The maximum Gasteiger partial charge on any atom is 0.255 e. The van der Waals surface area contributed by atoms with E-state index >= 15 is 0 Å². The van der Waals surface area contributed by atoms with Crippen LogP contribution >= 0.6 is 0 Å². The Balaban J connectivity index is 1.50. The fraction of sp³-hybridized carbons (Fsp3) is 0.300. The van der Waals surface area contributed by atoms with E-state index in [1.54, 1.807) is 0 Å². The maximum atomic E-state index is 12.7. The van der Waals surface area contributed by atoms with Gasteiger partial charge in [0, 0.05) is 43.2 Å². The lowest BCUT2D eigenvalue weighted by molar-refractivity contribution is 0.0119. The van der Waals surface area contributed by atoms with Gasteiger partial charge in [-0.1, -0.05) is 18.2 Å². The van der Waals surface area contributed by atoms with E-state index in [0.29, 0.717) is 0 Å². The second-order valence-corrected chi connectivity index (χ2v) is 6.99. The fourth-order valence-electron chi connectivity index (χ4n) is 4.12. The molecule has 2 aliphatic heterocycles. The van der Waals surface area contributed by atoms with Crippen LogP contribution in [0.25, 0.3) is 5.65 Å². The van der Waals surface area contributed by atoms with Crippen LogP contribution in [0.2, 0.25) is 0 Å². The maximum absolute atomic E-state index is 12.7. The third-order valence-electron chi connectivity index (χ3n) is 5.25. The number of benzene rings is 1. The molecular weight excluding hydrogens is 312 g/mol. The number of nitrogens with zero attached hydrogens (tertiary/aromatic N) is 4. The summed E-state index contributed by atoms with van der Waals surface area (Å²) in [5.41, 5.74) is 5.22. The summed E-state index contributed by atoms with van der Waals surface area (Å²) in [6, 6.07) is 12.2. The first-order valence-electron chi connectivity index (χ1n) is 8.79. The van der Waals surface area contributed by atoms with E-state index in [-0.39, 0.29) is 12.1 Å². The van der Waals surface area contributed by atoms with Gasteiger partial charge >= 0.3 is 0 Å². The number of pyridine rings is 1. The van der Waals surface area contributed by atoms with Crippen molar-refractivity contribution in [1.29, 1.82) is 0 Å². The van der Waals surface area contributed by atoms with Crippen molar-refractivity contribution in [1.82, 2.24) is 19.2 Å². The Bertz CT molecular complexity index is 977. The average molecular weight is 332 g/mol. The van der Waals surface area contributed by atoms with Crippen LogP contribution in [0.1, 0.15) is 39.8 Å². The number of rotatable bonds is 2. The topological polar surface area (TPSA) is 40.9 Å². The lowest BCUT2D eigenvalue weighted by atomic mass is 10.1. The third-order valence-corrected chi connectivity index (χ3v) is 5.25. The summed E-state index contributed by atoms with van der Waals surface area (Å²) >= 11 is 0. The van der Waals surface area contributed by atoms with Gasteiger partial charge in [0.1, 0.15) is 11.8 Å². The first kappa shape index (κ1) is 14.7. The van der Waals surface area contributed by atoms with Crippen LogP contribution in [0.3, 0.4) is 0 Å². The number of amides is 1. The highest BCUT2D eigenvalue weighted by atomic mass is 16.2. The molecule has 5 rings (SSSR count). The highest BCUT2D eigenvalue weighted by Crippen LogP contribution is 2.39. The van der Waals surface area contributed by atoms with Crippen LogP contribution in [0, 0.1) is 6.92 Å². The standard InChI is InChI=1S/C20H20N4O/c1-14-7-10-22-12-15(21-18(22)11-14)13-23-8-4-9-24-19(23)16-5-2-3-6-17(16)20(24)25/h2-3,5-7,10-12,19H,4,8-9,13H2,1H3/t19-/m1/s1. The molecule has 1 amide bonds. The highest BCUT2D eigenvalue weighted by molar-refractivity contribution is 5.99. The molecule has 0 radical (unpaired) electrons. The van der Waals surface area contributed by atoms with Gasteiger partial charge in [-0.3, -0.25) is 9.69 Å². The zero-order chi connectivity index (χ0) is 17.0. The second-order valence-electron chi connectivity index (χ2n) is 6.99. The molecule has 1 fully saturated rings. The van der Waals surface area contributed by atoms with Gasteiger partial charge in [-0.2, -0.15) is 0 Å². The molecule has 5 nitrogen and oxygen atoms in total. The van der Waals surface area contributed by atoms with Crippen molar-refractivity contribution in [2.45, 2.75) is 26.1 Å². The third kappa shape index (κ3) is 2.27. The molecule has 2 aliphatic rings. The van der Waals surface area contributed by atoms with Crippen LogP contribution in [0.4, 0.5) is 0 Å². The van der Waals surface area contributed by atoms with Gasteiger partial charge < -0.3 is 9.30 Å². The minimum absolute atomic E-state index is 0.0454. The van der Waals surface area contributed by atoms with Crippen LogP contribution in [-0.2, 0) is 6.54 Å². The molecule has 0 unspecified atom stereocenters. The van der Waals surface area contributed by atoms with E-state index in [4.69, 9.17) is 4.98 Å². The Kier molecular flexibility index (Phi) is 3.18. The van der Waals surface area contributed by atoms with Gasteiger partial charge in [-0.05, 0) is 37.1 Å². The van der Waals surface area contributed by atoms with E-state index in [9.17, 15) is 4.79 Å². The molecule has 0 aliphatic carbocycles. The number of hydrogen-bond donors (Lipinski definition) is 0. The SMILES string of the molecule is Cc1ccn2cc(CN3CCCN4C(=O)c5ccccc5[C@H]34)nc2c1. The summed E-state index contributed by atoms with van der Waals surface area (Å²) in [6.07, 6.45) is 5.20. The second kappa shape index (κ2) is 5.43. The molecule has 4 heterocycles. The van der Waals surface area contributed by atoms with Crippen LogP contribution < -0.4 is 0 Å². The van der Waals surface area contributed by atoms with Crippen molar-refractivity contribution in [3.8, 4) is 0 Å². The van der Waals surface area contributed by atoms with E-state index in [1.165, 1.54) is 5.56 Å². The predicted molar refractivity (Wildman–Crippen MR) is 95.2 cm³/mol.